The molecule has 0 spiro atoms. The summed E-state index contributed by atoms with van der Waals surface area (Å²) in [6.07, 6.45) is 3.01. The Labute approximate surface area is 175 Å². The molecule has 2 aliphatic rings. The first kappa shape index (κ1) is 19.6. The largest absolute Gasteiger partial charge is 0.489 e. The SMILES string of the molecule is Cc1cc2c(cc1OCc1c(Cl)cccc1Cl)CCC(N1CC(C(=O)O)C1)C2. The average Bonchev–Trinajstić information content (AvgIpc) is 2.60. The van der Waals surface area contributed by atoms with Gasteiger partial charge in [-0.2, -0.15) is 0 Å². The quantitative estimate of drug-likeness (QED) is 0.758. The monoisotopic (exact) mass is 419 g/mol. The van der Waals surface area contributed by atoms with E-state index in [-0.39, 0.29) is 5.92 Å². The molecule has 0 saturated carbocycles. The van der Waals surface area contributed by atoms with E-state index in [9.17, 15) is 4.79 Å². The fourth-order valence-electron chi connectivity index (χ4n) is 4.15. The third-order valence-corrected chi connectivity index (χ3v) is 6.62. The van der Waals surface area contributed by atoms with Crippen LogP contribution in [0, 0.1) is 12.8 Å². The van der Waals surface area contributed by atoms with Crippen molar-refractivity contribution in [3.05, 3.63) is 62.6 Å². The van der Waals surface area contributed by atoms with Crippen molar-refractivity contribution in [2.75, 3.05) is 13.1 Å². The van der Waals surface area contributed by atoms with Crippen LogP contribution in [0.4, 0.5) is 0 Å². The van der Waals surface area contributed by atoms with Crippen LogP contribution in [0.1, 0.15) is 28.7 Å². The summed E-state index contributed by atoms with van der Waals surface area (Å²) >= 11 is 12.5. The van der Waals surface area contributed by atoms with Crippen LogP contribution in [0.5, 0.6) is 5.75 Å². The normalized spacial score (nSPS) is 19.8. The van der Waals surface area contributed by atoms with Crippen molar-refractivity contribution in [1.29, 1.82) is 0 Å². The van der Waals surface area contributed by atoms with Gasteiger partial charge in [-0.1, -0.05) is 35.3 Å². The topological polar surface area (TPSA) is 49.8 Å². The van der Waals surface area contributed by atoms with Gasteiger partial charge in [0, 0.05) is 34.7 Å². The summed E-state index contributed by atoms with van der Waals surface area (Å²) in [5, 5.41) is 10.3. The van der Waals surface area contributed by atoms with Crippen molar-refractivity contribution in [3.63, 3.8) is 0 Å². The van der Waals surface area contributed by atoms with Gasteiger partial charge >= 0.3 is 5.97 Å². The summed E-state index contributed by atoms with van der Waals surface area (Å²) in [6.45, 7) is 3.74. The maximum Gasteiger partial charge on any atom is 0.309 e. The zero-order valence-corrected chi connectivity index (χ0v) is 17.3. The van der Waals surface area contributed by atoms with E-state index in [1.807, 2.05) is 18.2 Å². The molecule has 6 heteroatoms. The lowest BCUT2D eigenvalue weighted by atomic mass is 9.84. The molecule has 0 bridgehead atoms. The number of rotatable bonds is 5. The Hall–Kier alpha value is -1.75. The summed E-state index contributed by atoms with van der Waals surface area (Å²) in [4.78, 5) is 13.3. The second kappa shape index (κ2) is 7.94. The molecule has 4 nitrogen and oxygen atoms in total. The number of carbonyl (C=O) groups is 1. The third-order valence-electron chi connectivity index (χ3n) is 5.91. The maximum absolute atomic E-state index is 11.0. The molecule has 0 amide bonds. The Balaban J connectivity index is 1.44. The smallest absolute Gasteiger partial charge is 0.309 e. The van der Waals surface area contributed by atoms with E-state index < -0.39 is 5.97 Å². The highest BCUT2D eigenvalue weighted by Gasteiger charge is 2.37. The summed E-state index contributed by atoms with van der Waals surface area (Å²) in [6, 6.07) is 10.2. The summed E-state index contributed by atoms with van der Waals surface area (Å²) in [5.74, 6) is -0.0117. The second-order valence-electron chi connectivity index (χ2n) is 7.76. The van der Waals surface area contributed by atoms with Gasteiger partial charge in [0.2, 0.25) is 0 Å². The number of aryl methyl sites for hydroxylation is 2. The van der Waals surface area contributed by atoms with E-state index in [2.05, 4.69) is 24.0 Å². The molecule has 1 saturated heterocycles. The van der Waals surface area contributed by atoms with Crippen LogP contribution in [0.2, 0.25) is 10.0 Å². The van der Waals surface area contributed by atoms with Crippen LogP contribution in [0.3, 0.4) is 0 Å². The minimum Gasteiger partial charge on any atom is -0.489 e. The van der Waals surface area contributed by atoms with Gasteiger partial charge in [0.25, 0.3) is 0 Å². The highest BCUT2D eigenvalue weighted by atomic mass is 35.5. The number of carboxylic acid groups (broad SMARTS) is 1. The average molecular weight is 420 g/mol. The molecule has 0 radical (unpaired) electrons. The van der Waals surface area contributed by atoms with Gasteiger partial charge in [0.1, 0.15) is 12.4 Å². The molecule has 4 rings (SSSR count). The molecule has 1 atom stereocenters. The Morgan fingerprint density at radius 3 is 2.61 bits per heavy atom. The van der Waals surface area contributed by atoms with E-state index in [1.54, 1.807) is 0 Å². The predicted molar refractivity (Wildman–Crippen MR) is 110 cm³/mol. The number of fused-ring (bicyclic) bond motifs is 1. The lowest BCUT2D eigenvalue weighted by Gasteiger charge is -2.44. The molecule has 2 aromatic carbocycles. The number of likely N-dealkylation sites (tertiary alicyclic amines) is 1. The maximum atomic E-state index is 11.0. The molecule has 1 heterocycles. The third kappa shape index (κ3) is 3.86. The lowest BCUT2D eigenvalue weighted by Crippen LogP contribution is -2.56. The van der Waals surface area contributed by atoms with Gasteiger partial charge < -0.3 is 9.84 Å². The fraction of sp³-hybridized carbons (Fsp3) is 0.409. The zero-order valence-electron chi connectivity index (χ0n) is 15.8. The second-order valence-corrected chi connectivity index (χ2v) is 8.58. The van der Waals surface area contributed by atoms with E-state index in [1.165, 1.54) is 11.1 Å². The van der Waals surface area contributed by atoms with Crippen molar-refractivity contribution in [2.24, 2.45) is 5.92 Å². The van der Waals surface area contributed by atoms with Crippen molar-refractivity contribution in [3.8, 4) is 5.75 Å². The molecule has 1 fully saturated rings. The van der Waals surface area contributed by atoms with Crippen LogP contribution in [0.15, 0.2) is 30.3 Å². The summed E-state index contributed by atoms with van der Waals surface area (Å²) in [5.41, 5.74) is 4.55. The minimum atomic E-state index is -0.677. The highest BCUT2D eigenvalue weighted by molar-refractivity contribution is 6.35. The number of nitrogens with zero attached hydrogens (tertiary/aromatic N) is 1. The van der Waals surface area contributed by atoms with Crippen molar-refractivity contribution < 1.29 is 14.6 Å². The van der Waals surface area contributed by atoms with E-state index >= 15 is 0 Å². The Bertz CT molecular complexity index is 889. The molecule has 28 heavy (non-hydrogen) atoms. The molecule has 2 aromatic rings. The molecule has 1 N–H and O–H groups in total. The Morgan fingerprint density at radius 1 is 1.21 bits per heavy atom. The van der Waals surface area contributed by atoms with Crippen molar-refractivity contribution in [2.45, 2.75) is 38.8 Å². The van der Waals surface area contributed by atoms with Gasteiger partial charge in [-0.05, 0) is 61.1 Å². The van der Waals surface area contributed by atoms with E-state index in [0.717, 1.165) is 36.1 Å². The van der Waals surface area contributed by atoms with E-state index in [4.69, 9.17) is 33.0 Å². The minimum absolute atomic E-state index is 0.199. The number of carboxylic acids is 1. The first-order valence-electron chi connectivity index (χ1n) is 9.57. The van der Waals surface area contributed by atoms with Gasteiger partial charge in [-0.15, -0.1) is 0 Å². The van der Waals surface area contributed by atoms with Crippen LogP contribution in [0.25, 0.3) is 0 Å². The number of halogens is 2. The van der Waals surface area contributed by atoms with Gasteiger partial charge in [0.05, 0.1) is 5.92 Å². The van der Waals surface area contributed by atoms with Crippen LogP contribution >= 0.6 is 23.2 Å². The fourth-order valence-corrected chi connectivity index (χ4v) is 4.65. The van der Waals surface area contributed by atoms with Gasteiger partial charge in [0.15, 0.2) is 0 Å². The van der Waals surface area contributed by atoms with Crippen molar-refractivity contribution in [1.82, 2.24) is 4.90 Å². The van der Waals surface area contributed by atoms with Gasteiger partial charge in [-0.3, -0.25) is 9.69 Å². The zero-order chi connectivity index (χ0) is 19.8. The molecule has 0 aromatic heterocycles. The first-order chi connectivity index (χ1) is 13.4. The van der Waals surface area contributed by atoms with Crippen LogP contribution < -0.4 is 4.74 Å². The molecule has 1 aliphatic carbocycles. The van der Waals surface area contributed by atoms with Gasteiger partial charge in [-0.25, -0.2) is 0 Å². The Morgan fingerprint density at radius 2 is 1.93 bits per heavy atom. The van der Waals surface area contributed by atoms with Crippen molar-refractivity contribution >= 4 is 29.2 Å². The first-order valence-corrected chi connectivity index (χ1v) is 10.3. The molecule has 148 valence electrons. The predicted octanol–water partition coefficient (Wildman–Crippen LogP) is 4.75. The number of aliphatic carboxylic acids is 1. The number of benzene rings is 2. The molecular weight excluding hydrogens is 397 g/mol. The Kier molecular flexibility index (Phi) is 5.55. The lowest BCUT2D eigenvalue weighted by molar-refractivity contribution is -0.148. The van der Waals surface area contributed by atoms with Crippen LogP contribution in [-0.4, -0.2) is 35.1 Å². The van der Waals surface area contributed by atoms with E-state index in [0.29, 0.717) is 35.8 Å². The summed E-state index contributed by atoms with van der Waals surface area (Å²) in [7, 11) is 0. The molecule has 1 unspecified atom stereocenters. The number of hydrogen-bond donors (Lipinski definition) is 1. The highest BCUT2D eigenvalue weighted by Crippen LogP contribution is 2.34. The molecule has 1 aliphatic heterocycles. The number of ether oxygens (including phenoxy) is 1. The molecular formula is C22H23Cl2NO3. The number of hydrogen-bond acceptors (Lipinski definition) is 3. The standard InChI is InChI=1S/C22H23Cl2NO3/c1-13-7-15-8-17(25-10-16(11-25)22(26)27)6-5-14(15)9-21(13)28-12-18-19(23)3-2-4-20(18)24/h2-4,7,9,16-17H,5-6,8,10-12H2,1H3,(H,26,27). The summed E-state index contributed by atoms with van der Waals surface area (Å²) < 4.78 is 6.05. The van der Waals surface area contributed by atoms with Crippen LogP contribution in [-0.2, 0) is 24.2 Å².